The topological polar surface area (TPSA) is 88.3 Å². The Morgan fingerprint density at radius 3 is 2.53 bits per heavy atom. The van der Waals surface area contributed by atoms with Gasteiger partial charge in [0.15, 0.2) is 0 Å². The molecule has 0 saturated carbocycles. The van der Waals surface area contributed by atoms with E-state index in [1.807, 2.05) is 13.0 Å². The van der Waals surface area contributed by atoms with E-state index < -0.39 is 5.24 Å². The second-order valence-corrected chi connectivity index (χ2v) is 7.03. The zero-order valence-electron chi connectivity index (χ0n) is 16.1. The Morgan fingerprint density at radius 2 is 2.00 bits per heavy atom. The number of benzene rings is 1. The number of alkyl halides is 2. The zero-order chi connectivity index (χ0) is 22.1. The molecule has 0 fully saturated rings. The number of anilines is 1. The number of rotatable bonds is 6. The average molecular weight is 478 g/mol. The van der Waals surface area contributed by atoms with Gasteiger partial charge in [-0.25, -0.2) is 4.39 Å². The van der Waals surface area contributed by atoms with Crippen molar-refractivity contribution in [2.24, 2.45) is 0 Å². The van der Waals surface area contributed by atoms with Gasteiger partial charge in [-0.2, -0.15) is 0 Å². The van der Waals surface area contributed by atoms with Crippen molar-refractivity contribution >= 4 is 57.5 Å². The molecule has 1 amide bonds. The third kappa shape index (κ3) is 6.68. The van der Waals surface area contributed by atoms with Crippen LogP contribution in [-0.2, 0) is 9.59 Å². The van der Waals surface area contributed by atoms with Crippen LogP contribution in [0.2, 0.25) is 0 Å². The SMILES string of the molecule is CCNc1nnc(-c2ccc(C3=CCN(C(=O)CCl)CC3)c(F)c2)o1.O=C(Cl)CCl. The van der Waals surface area contributed by atoms with Crippen LogP contribution in [0.15, 0.2) is 28.7 Å². The first kappa shape index (κ1) is 24.1. The van der Waals surface area contributed by atoms with E-state index in [9.17, 15) is 14.0 Å². The van der Waals surface area contributed by atoms with Gasteiger partial charge in [0, 0.05) is 30.8 Å². The number of hydrogen-bond donors (Lipinski definition) is 1. The average Bonchev–Trinajstić information content (AvgIpc) is 3.22. The molecule has 0 aliphatic carbocycles. The minimum absolute atomic E-state index is 0.0364. The highest BCUT2D eigenvalue weighted by atomic mass is 35.5. The Labute approximate surface area is 188 Å². The summed E-state index contributed by atoms with van der Waals surface area (Å²) in [6, 6.07) is 5.14. The molecule has 1 aromatic heterocycles. The molecule has 0 unspecified atom stereocenters. The number of carbonyl (C=O) groups excluding carboxylic acids is 2. The summed E-state index contributed by atoms with van der Waals surface area (Å²) in [5.74, 6) is -0.338. The summed E-state index contributed by atoms with van der Waals surface area (Å²) >= 11 is 15.1. The van der Waals surface area contributed by atoms with Gasteiger partial charge in [0.2, 0.25) is 17.0 Å². The van der Waals surface area contributed by atoms with E-state index in [1.54, 1.807) is 17.0 Å². The van der Waals surface area contributed by atoms with Gasteiger partial charge in [-0.15, -0.1) is 28.3 Å². The van der Waals surface area contributed by atoms with Crippen LogP contribution in [0.5, 0.6) is 0 Å². The van der Waals surface area contributed by atoms with Crippen LogP contribution >= 0.6 is 34.8 Å². The van der Waals surface area contributed by atoms with Crippen LogP contribution in [0.3, 0.4) is 0 Å². The first-order valence-corrected chi connectivity index (χ1v) is 10.5. The monoisotopic (exact) mass is 476 g/mol. The lowest BCUT2D eigenvalue weighted by molar-refractivity contribution is -0.128. The quantitative estimate of drug-likeness (QED) is 0.497. The number of nitrogens with zero attached hydrogens (tertiary/aromatic N) is 3. The van der Waals surface area contributed by atoms with Gasteiger partial charge in [-0.05, 0) is 42.7 Å². The molecule has 2 aromatic rings. The molecular formula is C19H20Cl3FN4O3. The summed E-state index contributed by atoms with van der Waals surface area (Å²) in [5, 5.41) is 10.2. The van der Waals surface area contributed by atoms with Crippen molar-refractivity contribution in [3.8, 4) is 11.5 Å². The molecule has 1 aromatic carbocycles. The van der Waals surface area contributed by atoms with Gasteiger partial charge in [-0.3, -0.25) is 9.59 Å². The molecular weight excluding hydrogens is 458 g/mol. The zero-order valence-corrected chi connectivity index (χ0v) is 18.4. The van der Waals surface area contributed by atoms with Gasteiger partial charge >= 0.3 is 6.01 Å². The van der Waals surface area contributed by atoms with Crippen LogP contribution < -0.4 is 5.32 Å². The predicted molar refractivity (Wildman–Crippen MR) is 115 cm³/mol. The number of nitrogens with one attached hydrogen (secondary N) is 1. The number of aromatic nitrogens is 2. The highest BCUT2D eigenvalue weighted by Crippen LogP contribution is 2.28. The summed E-state index contributed by atoms with van der Waals surface area (Å²) in [7, 11) is 0. The minimum Gasteiger partial charge on any atom is -0.403 e. The van der Waals surface area contributed by atoms with Gasteiger partial charge in [0.1, 0.15) is 11.7 Å². The van der Waals surface area contributed by atoms with Crippen molar-refractivity contribution < 1.29 is 18.4 Å². The molecule has 162 valence electrons. The highest BCUT2D eigenvalue weighted by Gasteiger charge is 2.19. The maximum Gasteiger partial charge on any atom is 0.315 e. The molecule has 7 nitrogen and oxygen atoms in total. The second kappa shape index (κ2) is 11.9. The Kier molecular flexibility index (Phi) is 9.55. The molecule has 0 atom stereocenters. The van der Waals surface area contributed by atoms with E-state index in [-0.39, 0.29) is 29.4 Å². The van der Waals surface area contributed by atoms with Gasteiger partial charge in [0.25, 0.3) is 0 Å². The summed E-state index contributed by atoms with van der Waals surface area (Å²) in [6.07, 6.45) is 2.45. The molecule has 3 rings (SSSR count). The predicted octanol–water partition coefficient (Wildman–Crippen LogP) is 4.15. The normalized spacial score (nSPS) is 13.2. The smallest absolute Gasteiger partial charge is 0.315 e. The van der Waals surface area contributed by atoms with Gasteiger partial charge in [0.05, 0.1) is 5.88 Å². The molecule has 0 radical (unpaired) electrons. The second-order valence-electron chi connectivity index (χ2n) is 6.08. The lowest BCUT2D eigenvalue weighted by Gasteiger charge is -2.26. The fraction of sp³-hybridized carbons (Fsp3) is 0.368. The number of hydrogen-bond acceptors (Lipinski definition) is 6. The maximum atomic E-state index is 14.5. The third-order valence-electron chi connectivity index (χ3n) is 4.10. The van der Waals surface area contributed by atoms with Crippen molar-refractivity contribution in [3.05, 3.63) is 35.7 Å². The molecule has 0 bridgehead atoms. The number of halogens is 4. The molecule has 1 aliphatic rings. The van der Waals surface area contributed by atoms with Crippen molar-refractivity contribution in [3.63, 3.8) is 0 Å². The molecule has 0 saturated heterocycles. The van der Waals surface area contributed by atoms with E-state index in [0.29, 0.717) is 43.2 Å². The molecule has 30 heavy (non-hydrogen) atoms. The van der Waals surface area contributed by atoms with Crippen LogP contribution in [0.1, 0.15) is 18.9 Å². The summed E-state index contributed by atoms with van der Waals surface area (Å²) in [4.78, 5) is 22.7. The van der Waals surface area contributed by atoms with E-state index >= 15 is 0 Å². The fourth-order valence-corrected chi connectivity index (χ4v) is 2.86. The third-order valence-corrected chi connectivity index (χ3v) is 4.84. The van der Waals surface area contributed by atoms with Crippen molar-refractivity contribution in [1.82, 2.24) is 15.1 Å². The molecule has 0 spiro atoms. The lowest BCUT2D eigenvalue weighted by Crippen LogP contribution is -2.35. The summed E-state index contributed by atoms with van der Waals surface area (Å²) < 4.78 is 20.0. The Bertz CT molecular complexity index is 920. The van der Waals surface area contributed by atoms with Crippen LogP contribution in [-0.4, -0.2) is 57.6 Å². The number of carbonyl (C=O) groups is 2. The minimum atomic E-state index is -0.508. The van der Waals surface area contributed by atoms with E-state index in [1.165, 1.54) is 6.07 Å². The van der Waals surface area contributed by atoms with E-state index in [2.05, 4.69) is 15.5 Å². The van der Waals surface area contributed by atoms with Crippen LogP contribution in [0.4, 0.5) is 10.4 Å². The first-order chi connectivity index (χ1) is 14.4. The number of amides is 1. The standard InChI is InChI=1S/C17H18ClFN4O2.C2H2Cl2O/c1-2-20-17-22-21-16(25-17)12-3-4-13(14(19)9-12)11-5-7-23(8-6-11)15(24)10-18;3-1-2(4)5/h3-5,9H,2,6-8,10H2,1H3,(H,20,22);1H2. The van der Waals surface area contributed by atoms with Gasteiger partial charge < -0.3 is 14.6 Å². The van der Waals surface area contributed by atoms with E-state index in [4.69, 9.17) is 39.2 Å². The molecule has 1 N–H and O–H groups in total. The van der Waals surface area contributed by atoms with Crippen molar-refractivity contribution in [2.45, 2.75) is 13.3 Å². The fourth-order valence-electron chi connectivity index (χ4n) is 2.70. The Balaban J connectivity index is 0.000000575. The highest BCUT2D eigenvalue weighted by molar-refractivity contribution is 6.67. The van der Waals surface area contributed by atoms with Crippen LogP contribution in [0, 0.1) is 5.82 Å². The van der Waals surface area contributed by atoms with Crippen LogP contribution in [0.25, 0.3) is 17.0 Å². The molecule has 1 aliphatic heterocycles. The molecule has 11 heteroatoms. The first-order valence-electron chi connectivity index (χ1n) is 9.04. The van der Waals surface area contributed by atoms with Crippen molar-refractivity contribution in [2.75, 3.05) is 36.7 Å². The molecule has 2 heterocycles. The summed E-state index contributed by atoms with van der Waals surface area (Å²) in [6.45, 7) is 3.55. The lowest BCUT2D eigenvalue weighted by atomic mass is 9.97. The Morgan fingerprint density at radius 1 is 1.27 bits per heavy atom. The maximum absolute atomic E-state index is 14.5. The largest absolute Gasteiger partial charge is 0.403 e. The van der Waals surface area contributed by atoms with Crippen molar-refractivity contribution in [1.29, 1.82) is 0 Å². The van der Waals surface area contributed by atoms with E-state index in [0.717, 1.165) is 5.57 Å². The summed E-state index contributed by atoms with van der Waals surface area (Å²) in [5.41, 5.74) is 1.92. The van der Waals surface area contributed by atoms with Gasteiger partial charge in [-0.1, -0.05) is 17.2 Å². The Hall–Kier alpha value is -2.16.